The Hall–Kier alpha value is 1.13. The van der Waals surface area contributed by atoms with Crippen molar-refractivity contribution in [3.05, 3.63) is 0 Å². The van der Waals surface area contributed by atoms with Gasteiger partial charge in [-0.25, -0.2) is 0 Å². The average Bonchev–Trinajstić information content (AvgIpc) is 1.41. The third-order valence-corrected chi connectivity index (χ3v) is 2.12. The molecule has 0 spiro atoms. The second-order valence-electron chi connectivity index (χ2n) is 1.35. The van der Waals surface area contributed by atoms with Gasteiger partial charge >= 0.3 is 18.9 Å². The molecule has 0 nitrogen and oxygen atoms in total. The van der Waals surface area contributed by atoms with E-state index >= 15 is 0 Å². The van der Waals surface area contributed by atoms with Crippen LogP contribution < -0.4 is 0 Å². The zero-order valence-electron chi connectivity index (χ0n) is 4.12. The van der Waals surface area contributed by atoms with E-state index in [0.717, 1.165) is 0 Å². The van der Waals surface area contributed by atoms with Crippen molar-refractivity contribution in [2.45, 2.75) is 24.4 Å². The molecule has 0 bridgehead atoms. The van der Waals surface area contributed by atoms with Crippen molar-refractivity contribution in [1.29, 1.82) is 0 Å². The third-order valence-electron chi connectivity index (χ3n) is 0.707. The molecule has 0 atom stereocenters. The summed E-state index contributed by atoms with van der Waals surface area (Å²) < 4.78 is 0. The van der Waals surface area contributed by atoms with Gasteiger partial charge in [0.05, 0.1) is 0 Å². The zero-order chi connectivity index (χ0) is 4.12. The van der Waals surface area contributed by atoms with Crippen LogP contribution in [0.4, 0.5) is 0 Å². The molecule has 0 fully saturated rings. The zero-order valence-corrected chi connectivity index (χ0v) is 5.54. The summed E-state index contributed by atoms with van der Waals surface area (Å²) in [6.07, 6.45) is 0. The van der Waals surface area contributed by atoms with Gasteiger partial charge in [0.2, 0.25) is 15.2 Å². The molecule has 0 saturated heterocycles. The van der Waals surface area contributed by atoms with E-state index in [0.29, 0.717) is 15.2 Å². The van der Waals surface area contributed by atoms with Gasteiger partial charge in [0.15, 0.2) is 0 Å². The van der Waals surface area contributed by atoms with Gasteiger partial charge in [-0.2, -0.15) is 0 Å². The van der Waals surface area contributed by atoms with Crippen LogP contribution in [0.3, 0.4) is 0 Å². The van der Waals surface area contributed by atoms with E-state index in [1.54, 1.807) is 0 Å². The fraction of sp³-hybridized carbons (Fsp3) is 1.00. The van der Waals surface area contributed by atoms with E-state index in [9.17, 15) is 0 Å². The molecule has 0 aliphatic rings. The molecule has 2 heteroatoms. The molecule has 0 heterocycles. The van der Waals surface area contributed by atoms with Crippen molar-refractivity contribution in [3.8, 4) is 0 Å². The summed E-state index contributed by atoms with van der Waals surface area (Å²) in [4.78, 5) is 0. The molecule has 6 heavy (non-hydrogen) atoms. The van der Waals surface area contributed by atoms with Crippen molar-refractivity contribution >= 4 is 34.1 Å². The molecule has 0 amide bonds. The molecular weight excluding hydrogens is 82.0 g/mol. The summed E-state index contributed by atoms with van der Waals surface area (Å²) in [6.45, 7) is 4.55. The predicted molar refractivity (Wildman–Crippen MR) is 35.3 cm³/mol. The van der Waals surface area contributed by atoms with Gasteiger partial charge < -0.3 is 0 Å². The maximum absolute atomic E-state index is 2.27. The fourth-order valence-electron chi connectivity index (χ4n) is 0.354. The molecule has 0 aromatic heterocycles. The SMILES string of the molecule is C[CH2][AlH][CH2]C.[LiH]. The first-order valence-corrected chi connectivity index (χ1v) is 4.41. The number of hydrogen-bond acceptors (Lipinski definition) is 0. The standard InChI is InChI=1S/2C2H5.Al.Li.2H/c2*1-2;;;;/h2*1H2,2H3;;;;. The summed E-state index contributed by atoms with van der Waals surface area (Å²) in [5, 5.41) is 2.97. The van der Waals surface area contributed by atoms with Gasteiger partial charge in [0.25, 0.3) is 0 Å². The quantitative estimate of drug-likeness (QED) is 0.441. The Balaban J connectivity index is 0. The molecule has 0 saturated carbocycles. The van der Waals surface area contributed by atoms with Crippen LogP contribution in [0.25, 0.3) is 0 Å². The summed E-state index contributed by atoms with van der Waals surface area (Å²) in [5.41, 5.74) is 0. The van der Waals surface area contributed by atoms with Crippen molar-refractivity contribution in [1.82, 2.24) is 0 Å². The first kappa shape index (κ1) is 10.2. The molecule has 0 aliphatic heterocycles. The minimum atomic E-state index is 0. The first-order valence-electron chi connectivity index (χ1n) is 2.41. The van der Waals surface area contributed by atoms with Crippen LogP contribution in [0.2, 0.25) is 10.6 Å². The molecule has 0 N–H and O–H groups in total. The average molecular weight is 94.1 g/mol. The van der Waals surface area contributed by atoms with E-state index in [4.69, 9.17) is 0 Å². The summed E-state index contributed by atoms with van der Waals surface area (Å²) in [7, 11) is 0. The molecule has 0 aromatic carbocycles. The summed E-state index contributed by atoms with van der Waals surface area (Å²) in [6, 6.07) is 0. The Morgan fingerprint density at radius 3 is 1.50 bits per heavy atom. The Labute approximate surface area is 58.6 Å². The van der Waals surface area contributed by atoms with E-state index in [-0.39, 0.29) is 18.9 Å². The van der Waals surface area contributed by atoms with Crippen LogP contribution >= 0.6 is 0 Å². The van der Waals surface area contributed by atoms with Crippen LogP contribution in [0.15, 0.2) is 0 Å². The summed E-state index contributed by atoms with van der Waals surface area (Å²) in [5.74, 6) is 0. The van der Waals surface area contributed by atoms with Crippen molar-refractivity contribution in [2.75, 3.05) is 0 Å². The van der Waals surface area contributed by atoms with Crippen molar-refractivity contribution in [3.63, 3.8) is 0 Å². The predicted octanol–water partition coefficient (Wildman–Crippen LogP) is 0.651. The Morgan fingerprint density at radius 1 is 1.17 bits per heavy atom. The minimum absolute atomic E-state index is 0. The maximum atomic E-state index is 2.27. The van der Waals surface area contributed by atoms with Gasteiger partial charge in [-0.05, 0) is 0 Å². The van der Waals surface area contributed by atoms with E-state index in [2.05, 4.69) is 13.8 Å². The van der Waals surface area contributed by atoms with Crippen LogP contribution in [-0.4, -0.2) is 34.1 Å². The van der Waals surface area contributed by atoms with Crippen LogP contribution in [0.1, 0.15) is 13.8 Å². The topological polar surface area (TPSA) is 0 Å². The van der Waals surface area contributed by atoms with E-state index < -0.39 is 0 Å². The Morgan fingerprint density at radius 2 is 1.50 bits per heavy atom. The number of rotatable bonds is 2. The van der Waals surface area contributed by atoms with Gasteiger partial charge in [-0.3, -0.25) is 0 Å². The van der Waals surface area contributed by atoms with Crippen molar-refractivity contribution in [2.24, 2.45) is 0 Å². The van der Waals surface area contributed by atoms with Crippen LogP contribution in [0.5, 0.6) is 0 Å². The molecule has 32 valence electrons. The second-order valence-corrected chi connectivity index (χ2v) is 4.06. The number of hydrogen-bond donors (Lipinski definition) is 0. The van der Waals surface area contributed by atoms with Crippen molar-refractivity contribution < 1.29 is 0 Å². The van der Waals surface area contributed by atoms with Gasteiger partial charge in [-0.1, -0.05) is 13.8 Å². The second kappa shape index (κ2) is 9.46. The molecule has 0 radical (unpaired) electrons. The monoisotopic (exact) mass is 94.1 g/mol. The molecule has 0 rings (SSSR count). The van der Waals surface area contributed by atoms with E-state index in [1.807, 2.05) is 0 Å². The van der Waals surface area contributed by atoms with Crippen LogP contribution in [-0.2, 0) is 0 Å². The molecule has 0 aromatic rings. The van der Waals surface area contributed by atoms with Gasteiger partial charge in [-0.15, -0.1) is 10.6 Å². The Kier molecular flexibility index (Phi) is 16.0. The normalized spacial score (nSPS) is 6.33. The Bertz CT molecular complexity index is 15.0. The third kappa shape index (κ3) is 8.93. The molecule has 0 unspecified atom stereocenters. The van der Waals surface area contributed by atoms with Gasteiger partial charge in [0.1, 0.15) is 0 Å². The van der Waals surface area contributed by atoms with E-state index in [1.165, 1.54) is 10.6 Å². The molecular formula is C4H12AlLi. The fourth-order valence-corrected chi connectivity index (χ4v) is 1.06. The summed E-state index contributed by atoms with van der Waals surface area (Å²) >= 11 is 0.432. The molecule has 0 aliphatic carbocycles. The van der Waals surface area contributed by atoms with Crippen LogP contribution in [0, 0.1) is 0 Å². The van der Waals surface area contributed by atoms with Gasteiger partial charge in [0, 0.05) is 0 Å². The first-order chi connectivity index (χ1) is 2.41.